The first-order valence-corrected chi connectivity index (χ1v) is 6.99. The summed E-state index contributed by atoms with van der Waals surface area (Å²) in [5.41, 5.74) is 0.716. The van der Waals surface area contributed by atoms with Gasteiger partial charge in [0.05, 0.1) is 11.3 Å². The van der Waals surface area contributed by atoms with E-state index in [1.165, 1.54) is 48.5 Å². The minimum Gasteiger partial charge on any atom is -0.478 e. The maximum atomic E-state index is 13.3. The molecule has 118 valence electrons. The molecule has 2 aliphatic heterocycles. The van der Waals surface area contributed by atoms with Crippen molar-refractivity contribution in [1.29, 1.82) is 0 Å². The van der Waals surface area contributed by atoms with Crippen molar-refractivity contribution < 1.29 is 18.7 Å². The average Bonchev–Trinajstić information content (AvgIpc) is 2.89. The van der Waals surface area contributed by atoms with Crippen LogP contribution in [0.25, 0.3) is 28.1 Å². The van der Waals surface area contributed by atoms with E-state index in [1.54, 1.807) is 0 Å². The Balaban J connectivity index is 1.92. The molecule has 0 aromatic heterocycles. The smallest absolute Gasteiger partial charge is 0.335 e. The number of aromatic carboxylic acids is 1. The Hall–Kier alpha value is -3.48. The monoisotopic (exact) mass is 324 g/mol. The predicted octanol–water partition coefficient (Wildman–Crippen LogP) is 2.92. The van der Waals surface area contributed by atoms with Gasteiger partial charge in [0.2, 0.25) is 5.89 Å². The Morgan fingerprint density at radius 2 is 1.88 bits per heavy atom. The molecule has 0 bridgehead atoms. The molecule has 4 rings (SSSR count). The second-order valence-corrected chi connectivity index (χ2v) is 5.22. The molecule has 0 atom stereocenters. The maximum absolute atomic E-state index is 13.3. The molecule has 6 nitrogen and oxygen atoms in total. The fraction of sp³-hybridized carbons (Fsp3) is 0. The number of carboxylic acid groups (broad SMARTS) is 1. The third kappa shape index (κ3) is 2.14. The van der Waals surface area contributed by atoms with Crippen LogP contribution in [0.4, 0.5) is 4.39 Å². The second-order valence-electron chi connectivity index (χ2n) is 5.22. The van der Waals surface area contributed by atoms with Crippen molar-refractivity contribution >= 4 is 16.9 Å². The van der Waals surface area contributed by atoms with Gasteiger partial charge in [-0.25, -0.2) is 9.18 Å². The molecular formula is C17H9FN2O4. The van der Waals surface area contributed by atoms with Crippen LogP contribution in [0.3, 0.4) is 0 Å². The normalized spacial score (nSPS) is 11.2. The van der Waals surface area contributed by atoms with Crippen molar-refractivity contribution in [2.75, 3.05) is 0 Å². The summed E-state index contributed by atoms with van der Waals surface area (Å²) >= 11 is 0. The number of halogens is 1. The highest BCUT2D eigenvalue weighted by Crippen LogP contribution is 2.25. The van der Waals surface area contributed by atoms with E-state index in [0.29, 0.717) is 16.7 Å². The number of benzene rings is 2. The molecule has 0 aliphatic carbocycles. The quantitative estimate of drug-likeness (QED) is 0.613. The lowest BCUT2D eigenvalue weighted by Gasteiger charge is -2.00. The Labute approximate surface area is 133 Å². The number of hydrogen-bond donors (Lipinski definition) is 1. The Morgan fingerprint density at radius 3 is 2.58 bits per heavy atom. The van der Waals surface area contributed by atoms with E-state index in [4.69, 9.17) is 9.52 Å². The second kappa shape index (κ2) is 5.02. The van der Waals surface area contributed by atoms with Crippen LogP contribution < -0.4 is 5.56 Å². The van der Waals surface area contributed by atoms with E-state index in [-0.39, 0.29) is 17.0 Å². The molecular weight excluding hydrogens is 315 g/mol. The van der Waals surface area contributed by atoms with Crippen molar-refractivity contribution in [1.82, 2.24) is 9.78 Å². The van der Waals surface area contributed by atoms with E-state index in [0.717, 1.165) is 4.68 Å². The zero-order chi connectivity index (χ0) is 16.8. The van der Waals surface area contributed by atoms with Gasteiger partial charge in [-0.2, -0.15) is 4.68 Å². The van der Waals surface area contributed by atoms with E-state index in [9.17, 15) is 14.0 Å². The molecule has 2 heterocycles. The summed E-state index contributed by atoms with van der Waals surface area (Å²) in [5, 5.41) is 13.5. The van der Waals surface area contributed by atoms with Crippen molar-refractivity contribution in [3.63, 3.8) is 0 Å². The standard InChI is InChI=1S/C17H9FN2O4/c18-11-3-6-14-10(7-11)8-13-15(24-14)19-20(16(13)21)12-4-1-9(2-5-12)17(22)23/h1-8H,(H,22,23). The molecule has 0 fully saturated rings. The van der Waals surface area contributed by atoms with Crippen LogP contribution in [0, 0.1) is 5.82 Å². The molecule has 2 aliphatic rings. The third-order valence-corrected chi connectivity index (χ3v) is 3.68. The van der Waals surface area contributed by atoms with Crippen LogP contribution >= 0.6 is 0 Å². The molecule has 1 N–H and O–H groups in total. The Bertz CT molecular complexity index is 1110. The van der Waals surface area contributed by atoms with Gasteiger partial charge in [-0.3, -0.25) is 4.79 Å². The number of fused-ring (bicyclic) bond motifs is 2. The van der Waals surface area contributed by atoms with E-state index in [1.807, 2.05) is 0 Å². The van der Waals surface area contributed by atoms with Gasteiger partial charge in [-0.1, -0.05) is 0 Å². The van der Waals surface area contributed by atoms with Gasteiger partial charge < -0.3 is 9.52 Å². The molecule has 0 spiro atoms. The molecule has 0 unspecified atom stereocenters. The lowest BCUT2D eigenvalue weighted by molar-refractivity contribution is 0.0697. The van der Waals surface area contributed by atoms with Crippen LogP contribution in [0.2, 0.25) is 0 Å². The van der Waals surface area contributed by atoms with Gasteiger partial charge in [0.15, 0.2) is 0 Å². The minimum atomic E-state index is -1.06. The molecule has 0 saturated carbocycles. The summed E-state index contributed by atoms with van der Waals surface area (Å²) in [6, 6.07) is 11.3. The molecule has 0 radical (unpaired) electrons. The fourth-order valence-electron chi connectivity index (χ4n) is 2.50. The Kier molecular flexibility index (Phi) is 2.96. The van der Waals surface area contributed by atoms with Gasteiger partial charge in [0.25, 0.3) is 5.56 Å². The average molecular weight is 324 g/mol. The molecule has 2 aromatic rings. The van der Waals surface area contributed by atoms with Crippen LogP contribution in [-0.4, -0.2) is 20.9 Å². The summed E-state index contributed by atoms with van der Waals surface area (Å²) in [6.07, 6.45) is 0. The van der Waals surface area contributed by atoms with Gasteiger partial charge in [0, 0.05) is 5.39 Å². The van der Waals surface area contributed by atoms with E-state index in [2.05, 4.69) is 5.10 Å². The molecule has 0 saturated heterocycles. The number of carboxylic acids is 1. The number of aromatic nitrogens is 2. The van der Waals surface area contributed by atoms with Gasteiger partial charge >= 0.3 is 5.97 Å². The van der Waals surface area contributed by atoms with Crippen molar-refractivity contribution in [2.24, 2.45) is 0 Å². The van der Waals surface area contributed by atoms with E-state index >= 15 is 0 Å². The maximum Gasteiger partial charge on any atom is 0.335 e. The topological polar surface area (TPSA) is 85.3 Å². The van der Waals surface area contributed by atoms with Crippen molar-refractivity contribution in [3.05, 3.63) is 70.3 Å². The highest BCUT2D eigenvalue weighted by Gasteiger charge is 2.19. The van der Waals surface area contributed by atoms with Gasteiger partial charge in [0.1, 0.15) is 17.0 Å². The largest absolute Gasteiger partial charge is 0.478 e. The number of carbonyl (C=O) groups is 1. The molecule has 2 aromatic carbocycles. The molecule has 0 amide bonds. The first kappa shape index (κ1) is 14.1. The zero-order valence-corrected chi connectivity index (χ0v) is 12.1. The number of hydrogen-bond acceptors (Lipinski definition) is 4. The number of rotatable bonds is 2. The third-order valence-electron chi connectivity index (χ3n) is 3.68. The van der Waals surface area contributed by atoms with Crippen molar-refractivity contribution in [3.8, 4) is 17.1 Å². The van der Waals surface area contributed by atoms with Gasteiger partial charge in [-0.05, 0) is 48.5 Å². The van der Waals surface area contributed by atoms with Crippen LogP contribution in [0.15, 0.2) is 57.7 Å². The van der Waals surface area contributed by atoms with Crippen LogP contribution in [0.5, 0.6) is 0 Å². The Morgan fingerprint density at radius 1 is 1.12 bits per heavy atom. The summed E-state index contributed by atoms with van der Waals surface area (Å²) in [6.45, 7) is 0. The van der Waals surface area contributed by atoms with Crippen molar-refractivity contribution in [2.45, 2.75) is 0 Å². The predicted molar refractivity (Wildman–Crippen MR) is 83.1 cm³/mol. The lowest BCUT2D eigenvalue weighted by Crippen LogP contribution is -2.14. The van der Waals surface area contributed by atoms with Crippen LogP contribution in [-0.2, 0) is 0 Å². The summed E-state index contributed by atoms with van der Waals surface area (Å²) in [4.78, 5) is 23.4. The minimum absolute atomic E-state index is 0.105. The fourth-order valence-corrected chi connectivity index (χ4v) is 2.50. The highest BCUT2D eigenvalue weighted by atomic mass is 19.1. The first-order valence-electron chi connectivity index (χ1n) is 6.99. The van der Waals surface area contributed by atoms with Crippen LogP contribution in [0.1, 0.15) is 10.4 Å². The summed E-state index contributed by atoms with van der Waals surface area (Å²) in [7, 11) is 0. The zero-order valence-electron chi connectivity index (χ0n) is 12.1. The lowest BCUT2D eigenvalue weighted by atomic mass is 10.2. The molecule has 24 heavy (non-hydrogen) atoms. The van der Waals surface area contributed by atoms with E-state index < -0.39 is 17.3 Å². The first-order chi connectivity index (χ1) is 11.5. The molecule has 7 heteroatoms. The summed E-state index contributed by atoms with van der Waals surface area (Å²) < 4.78 is 20.0. The highest BCUT2D eigenvalue weighted by molar-refractivity contribution is 5.87. The SMILES string of the molecule is O=C(O)c1ccc(-n2nc3oc4ccc(F)cc4cc-3c2=O)cc1. The number of nitrogens with zero attached hydrogens (tertiary/aromatic N) is 2. The summed E-state index contributed by atoms with van der Waals surface area (Å²) in [5.74, 6) is -1.36. The van der Waals surface area contributed by atoms with Gasteiger partial charge in [-0.15, -0.1) is 5.10 Å².